The van der Waals surface area contributed by atoms with Gasteiger partial charge in [0.05, 0.1) is 11.8 Å². The van der Waals surface area contributed by atoms with E-state index in [0.29, 0.717) is 19.5 Å². The van der Waals surface area contributed by atoms with Crippen molar-refractivity contribution < 1.29 is 14.0 Å². The maximum absolute atomic E-state index is 13.0. The molecule has 0 saturated carbocycles. The molecule has 0 radical (unpaired) electrons. The van der Waals surface area contributed by atoms with Crippen LogP contribution in [0.25, 0.3) is 0 Å². The number of β-amino-alcohol motifs (C(OH)–C–C–N with tert-alkyl or cyclic N) is 1. The van der Waals surface area contributed by atoms with Crippen LogP contribution in [0.1, 0.15) is 29.5 Å². The Bertz CT molecular complexity index is 582. The molecule has 0 bridgehead atoms. The zero-order chi connectivity index (χ0) is 14.1. The lowest BCUT2D eigenvalue weighted by molar-refractivity contribution is 0.171. The number of hydrogen-bond acceptors (Lipinski definition) is 4. The number of halogens is 1. The first kappa shape index (κ1) is 13.3. The lowest BCUT2D eigenvalue weighted by Crippen LogP contribution is -2.24. The fourth-order valence-corrected chi connectivity index (χ4v) is 2.79. The third kappa shape index (κ3) is 2.73. The highest BCUT2D eigenvalue weighted by Crippen LogP contribution is 2.33. The quantitative estimate of drug-likeness (QED) is 0.935. The summed E-state index contributed by atoms with van der Waals surface area (Å²) in [5.41, 5.74) is 1.87. The Morgan fingerprint density at radius 3 is 2.80 bits per heavy atom. The molecule has 4 nitrogen and oxygen atoms in total. The second-order valence-electron chi connectivity index (χ2n) is 5.32. The summed E-state index contributed by atoms with van der Waals surface area (Å²) in [4.78, 5) is 2.15. The second-order valence-corrected chi connectivity index (χ2v) is 5.32. The van der Waals surface area contributed by atoms with Crippen molar-refractivity contribution in [2.24, 2.45) is 0 Å². The summed E-state index contributed by atoms with van der Waals surface area (Å²) >= 11 is 0. The van der Waals surface area contributed by atoms with E-state index < -0.39 is 0 Å². The largest absolute Gasteiger partial charge is 0.392 e. The summed E-state index contributed by atoms with van der Waals surface area (Å²) in [7, 11) is 0. The summed E-state index contributed by atoms with van der Waals surface area (Å²) in [5.74, 6) is 0.532. The van der Waals surface area contributed by atoms with E-state index >= 15 is 0 Å². The van der Waals surface area contributed by atoms with E-state index in [1.54, 1.807) is 12.1 Å². The molecule has 5 heteroatoms. The van der Waals surface area contributed by atoms with Crippen LogP contribution in [0, 0.1) is 12.7 Å². The molecule has 1 N–H and O–H groups in total. The number of rotatable bonds is 3. The molecule has 1 aliphatic heterocycles. The van der Waals surface area contributed by atoms with Crippen LogP contribution in [0.15, 0.2) is 34.9 Å². The van der Waals surface area contributed by atoms with E-state index in [4.69, 9.17) is 4.52 Å². The van der Waals surface area contributed by atoms with Crippen LogP contribution in [0.5, 0.6) is 0 Å². The third-order valence-corrected chi connectivity index (χ3v) is 3.68. The van der Waals surface area contributed by atoms with Crippen molar-refractivity contribution in [3.05, 3.63) is 53.2 Å². The van der Waals surface area contributed by atoms with Gasteiger partial charge in [0.25, 0.3) is 0 Å². The zero-order valence-electron chi connectivity index (χ0n) is 11.3. The number of aliphatic hydroxyl groups is 1. The Balaban J connectivity index is 1.79. The van der Waals surface area contributed by atoms with E-state index in [0.717, 1.165) is 17.0 Å². The van der Waals surface area contributed by atoms with Gasteiger partial charge in [-0.1, -0.05) is 17.3 Å². The fourth-order valence-electron chi connectivity index (χ4n) is 2.79. The van der Waals surface area contributed by atoms with Gasteiger partial charge in [-0.15, -0.1) is 0 Å². The van der Waals surface area contributed by atoms with Gasteiger partial charge in [-0.25, -0.2) is 4.39 Å². The predicted molar refractivity (Wildman–Crippen MR) is 71.4 cm³/mol. The van der Waals surface area contributed by atoms with Crippen LogP contribution in [-0.4, -0.2) is 27.8 Å². The minimum absolute atomic E-state index is 0.0857. The van der Waals surface area contributed by atoms with Gasteiger partial charge < -0.3 is 9.63 Å². The van der Waals surface area contributed by atoms with Gasteiger partial charge in [-0.05, 0) is 31.0 Å². The molecule has 2 aromatic rings. The molecular formula is C15H17FN2O2. The molecule has 1 aliphatic rings. The number of nitrogens with zero attached hydrogens (tertiary/aromatic N) is 2. The molecule has 2 heterocycles. The number of aliphatic hydroxyl groups excluding tert-OH is 1. The molecule has 1 aromatic carbocycles. The summed E-state index contributed by atoms with van der Waals surface area (Å²) in [6.07, 6.45) is 0.292. The van der Waals surface area contributed by atoms with Gasteiger partial charge in [0, 0.05) is 25.2 Å². The zero-order valence-corrected chi connectivity index (χ0v) is 11.3. The van der Waals surface area contributed by atoms with Crippen LogP contribution in [0.4, 0.5) is 4.39 Å². The molecule has 2 atom stereocenters. The average molecular weight is 276 g/mol. The molecule has 20 heavy (non-hydrogen) atoms. The molecule has 1 aromatic heterocycles. The topological polar surface area (TPSA) is 49.5 Å². The van der Waals surface area contributed by atoms with Crippen LogP contribution in [-0.2, 0) is 6.54 Å². The Hall–Kier alpha value is -1.72. The standard InChI is InChI=1S/C15H17FN2O2/c1-10-6-13(17-20-10)8-18-9-14(19)7-15(18)11-2-4-12(16)5-3-11/h2-6,14-15,19H,7-9H2,1H3/t14-,15+/m0/s1. The number of aryl methyl sites for hydroxylation is 1. The van der Waals surface area contributed by atoms with E-state index in [9.17, 15) is 9.50 Å². The molecule has 106 valence electrons. The normalized spacial score (nSPS) is 23.4. The van der Waals surface area contributed by atoms with Crippen molar-refractivity contribution in [1.82, 2.24) is 10.1 Å². The first-order chi connectivity index (χ1) is 9.61. The Labute approximate surface area is 116 Å². The van der Waals surface area contributed by atoms with E-state index in [1.165, 1.54) is 12.1 Å². The van der Waals surface area contributed by atoms with Gasteiger partial charge in [0.1, 0.15) is 11.6 Å². The number of hydrogen-bond donors (Lipinski definition) is 1. The first-order valence-corrected chi connectivity index (χ1v) is 6.71. The lowest BCUT2D eigenvalue weighted by atomic mass is 10.0. The van der Waals surface area contributed by atoms with Gasteiger partial charge in [-0.3, -0.25) is 4.90 Å². The molecular weight excluding hydrogens is 259 g/mol. The molecule has 3 rings (SSSR count). The molecule has 1 saturated heterocycles. The first-order valence-electron chi connectivity index (χ1n) is 6.71. The van der Waals surface area contributed by atoms with Gasteiger partial charge in [0.15, 0.2) is 0 Å². The second kappa shape index (κ2) is 5.34. The maximum Gasteiger partial charge on any atom is 0.133 e. The Kier molecular flexibility index (Phi) is 3.54. The van der Waals surface area contributed by atoms with E-state index in [-0.39, 0.29) is 18.0 Å². The summed E-state index contributed by atoms with van der Waals surface area (Å²) in [6.45, 7) is 3.07. The smallest absolute Gasteiger partial charge is 0.133 e. The van der Waals surface area contributed by atoms with E-state index in [2.05, 4.69) is 10.1 Å². The maximum atomic E-state index is 13.0. The van der Waals surface area contributed by atoms with Crippen molar-refractivity contribution >= 4 is 0 Å². The van der Waals surface area contributed by atoms with Gasteiger partial charge in [-0.2, -0.15) is 0 Å². The summed E-state index contributed by atoms with van der Waals surface area (Å²) in [5, 5.41) is 13.9. The van der Waals surface area contributed by atoms with Crippen LogP contribution in [0.2, 0.25) is 0 Å². The lowest BCUT2D eigenvalue weighted by Gasteiger charge is -2.23. The average Bonchev–Trinajstić information content (AvgIpc) is 2.97. The SMILES string of the molecule is Cc1cc(CN2C[C@@H](O)C[C@@H]2c2ccc(F)cc2)no1. The highest BCUT2D eigenvalue weighted by Gasteiger charge is 2.32. The van der Waals surface area contributed by atoms with E-state index in [1.807, 2.05) is 13.0 Å². The number of likely N-dealkylation sites (tertiary alicyclic amines) is 1. The van der Waals surface area contributed by atoms with Crippen molar-refractivity contribution in [2.45, 2.75) is 32.0 Å². The predicted octanol–water partition coefficient (Wildman–Crippen LogP) is 2.43. The number of benzene rings is 1. The van der Waals surface area contributed by atoms with Gasteiger partial charge >= 0.3 is 0 Å². The molecule has 0 amide bonds. The summed E-state index contributed by atoms with van der Waals surface area (Å²) in [6, 6.07) is 8.45. The van der Waals surface area contributed by atoms with Crippen LogP contribution >= 0.6 is 0 Å². The third-order valence-electron chi connectivity index (χ3n) is 3.68. The van der Waals surface area contributed by atoms with Crippen molar-refractivity contribution in [2.75, 3.05) is 6.54 Å². The van der Waals surface area contributed by atoms with Crippen LogP contribution in [0.3, 0.4) is 0 Å². The molecule has 1 fully saturated rings. The number of aromatic nitrogens is 1. The molecule has 0 aliphatic carbocycles. The molecule has 0 unspecified atom stereocenters. The van der Waals surface area contributed by atoms with Crippen molar-refractivity contribution in [1.29, 1.82) is 0 Å². The highest BCUT2D eigenvalue weighted by atomic mass is 19.1. The Morgan fingerprint density at radius 1 is 1.40 bits per heavy atom. The minimum Gasteiger partial charge on any atom is -0.392 e. The molecule has 0 spiro atoms. The van der Waals surface area contributed by atoms with Crippen molar-refractivity contribution in [3.63, 3.8) is 0 Å². The Morgan fingerprint density at radius 2 is 2.15 bits per heavy atom. The summed E-state index contributed by atoms with van der Waals surface area (Å²) < 4.78 is 18.1. The monoisotopic (exact) mass is 276 g/mol. The minimum atomic E-state index is -0.363. The van der Waals surface area contributed by atoms with Crippen molar-refractivity contribution in [3.8, 4) is 0 Å². The van der Waals surface area contributed by atoms with Gasteiger partial charge in [0.2, 0.25) is 0 Å². The van der Waals surface area contributed by atoms with Crippen LogP contribution < -0.4 is 0 Å². The highest BCUT2D eigenvalue weighted by molar-refractivity contribution is 5.22. The fraction of sp³-hybridized carbons (Fsp3) is 0.400.